The molecule has 6 heteroatoms. The van der Waals surface area contributed by atoms with Gasteiger partial charge in [0.2, 0.25) is 0 Å². The summed E-state index contributed by atoms with van der Waals surface area (Å²) in [6.07, 6.45) is 0. The number of ether oxygens (including phenoxy) is 1. The Hall–Kier alpha value is -2.24. The average molecular weight is 251 g/mol. The van der Waals surface area contributed by atoms with Crippen LogP contribution in [0.4, 0.5) is 14.6 Å². The first kappa shape index (κ1) is 12.2. The van der Waals surface area contributed by atoms with Crippen LogP contribution in [0.5, 0.6) is 5.75 Å². The molecule has 1 aromatic carbocycles. The fourth-order valence-corrected chi connectivity index (χ4v) is 1.51. The molecule has 0 aliphatic heterocycles. The van der Waals surface area contributed by atoms with E-state index in [1.165, 1.54) is 12.1 Å². The van der Waals surface area contributed by atoms with E-state index < -0.39 is 6.61 Å². The number of aromatic nitrogens is 2. The minimum atomic E-state index is -2.83. The van der Waals surface area contributed by atoms with Crippen LogP contribution < -0.4 is 10.5 Å². The number of benzene rings is 1. The second-order valence-corrected chi connectivity index (χ2v) is 3.66. The van der Waals surface area contributed by atoms with Crippen LogP contribution in [0.1, 0.15) is 5.69 Å². The van der Waals surface area contributed by atoms with Crippen molar-refractivity contribution < 1.29 is 13.5 Å². The van der Waals surface area contributed by atoms with Gasteiger partial charge in [0.05, 0.1) is 0 Å². The molecule has 94 valence electrons. The molecule has 0 saturated carbocycles. The van der Waals surface area contributed by atoms with E-state index in [2.05, 4.69) is 14.7 Å². The van der Waals surface area contributed by atoms with E-state index in [4.69, 9.17) is 5.73 Å². The highest BCUT2D eigenvalue weighted by Gasteiger charge is 2.06. The zero-order valence-electron chi connectivity index (χ0n) is 9.60. The van der Waals surface area contributed by atoms with Crippen molar-refractivity contribution >= 4 is 5.82 Å². The summed E-state index contributed by atoms with van der Waals surface area (Å²) < 4.78 is 28.2. The minimum absolute atomic E-state index is 0.0920. The Labute approximate surface area is 102 Å². The third-order valence-corrected chi connectivity index (χ3v) is 2.21. The number of aryl methyl sites for hydroxylation is 1. The van der Waals surface area contributed by atoms with Crippen LogP contribution in [0.2, 0.25) is 0 Å². The summed E-state index contributed by atoms with van der Waals surface area (Å²) in [6.45, 7) is -1.03. The standard InChI is InChI=1S/C12H11F2N3O/c1-7-6-10(15)17-11(16-7)8-2-4-9(5-3-8)18-12(13)14/h2-6,12H,1H3,(H2,15,16,17). The van der Waals surface area contributed by atoms with Crippen LogP contribution in [-0.2, 0) is 0 Å². The van der Waals surface area contributed by atoms with Crippen LogP contribution in [0.25, 0.3) is 11.4 Å². The molecule has 0 saturated heterocycles. The number of nitrogens with two attached hydrogens (primary N) is 1. The van der Waals surface area contributed by atoms with Gasteiger partial charge in [0.1, 0.15) is 11.6 Å². The number of rotatable bonds is 3. The smallest absolute Gasteiger partial charge is 0.387 e. The summed E-state index contributed by atoms with van der Waals surface area (Å²) in [5.41, 5.74) is 7.05. The number of halogens is 2. The molecular formula is C12H11F2N3O. The van der Waals surface area contributed by atoms with Crippen molar-refractivity contribution in [1.29, 1.82) is 0 Å². The maximum atomic E-state index is 12.0. The Balaban J connectivity index is 2.28. The fraction of sp³-hybridized carbons (Fsp3) is 0.167. The topological polar surface area (TPSA) is 61.0 Å². The predicted octanol–water partition coefficient (Wildman–Crippen LogP) is 2.64. The lowest BCUT2D eigenvalue weighted by Crippen LogP contribution is -2.01. The quantitative estimate of drug-likeness (QED) is 0.910. The van der Waals surface area contributed by atoms with Crippen molar-refractivity contribution in [2.45, 2.75) is 13.5 Å². The molecule has 0 aliphatic rings. The molecular weight excluding hydrogens is 240 g/mol. The van der Waals surface area contributed by atoms with Crippen molar-refractivity contribution in [3.8, 4) is 17.1 Å². The predicted molar refractivity (Wildman–Crippen MR) is 63.2 cm³/mol. The molecule has 2 rings (SSSR count). The summed E-state index contributed by atoms with van der Waals surface area (Å²) in [5, 5.41) is 0. The van der Waals surface area contributed by atoms with E-state index in [0.717, 1.165) is 5.69 Å². The first-order valence-corrected chi connectivity index (χ1v) is 5.21. The number of hydrogen-bond acceptors (Lipinski definition) is 4. The van der Waals surface area contributed by atoms with E-state index in [-0.39, 0.29) is 5.75 Å². The third-order valence-electron chi connectivity index (χ3n) is 2.21. The molecule has 0 bridgehead atoms. The summed E-state index contributed by atoms with van der Waals surface area (Å²) in [7, 11) is 0. The summed E-state index contributed by atoms with van der Waals surface area (Å²) >= 11 is 0. The SMILES string of the molecule is Cc1cc(N)nc(-c2ccc(OC(F)F)cc2)n1. The van der Waals surface area contributed by atoms with Gasteiger partial charge in [-0.3, -0.25) is 0 Å². The van der Waals surface area contributed by atoms with E-state index in [1.807, 2.05) is 0 Å². The van der Waals surface area contributed by atoms with Gasteiger partial charge in [-0.15, -0.1) is 0 Å². The highest BCUT2D eigenvalue weighted by molar-refractivity contribution is 5.58. The average Bonchev–Trinajstić information content (AvgIpc) is 2.27. The molecule has 0 fully saturated rings. The lowest BCUT2D eigenvalue weighted by Gasteiger charge is -2.06. The van der Waals surface area contributed by atoms with Gasteiger partial charge in [-0.1, -0.05) is 0 Å². The largest absolute Gasteiger partial charge is 0.435 e. The van der Waals surface area contributed by atoms with Crippen molar-refractivity contribution in [2.24, 2.45) is 0 Å². The van der Waals surface area contributed by atoms with Gasteiger partial charge < -0.3 is 10.5 Å². The number of nitrogen functional groups attached to an aromatic ring is 1. The Morgan fingerprint density at radius 2 is 1.83 bits per heavy atom. The second-order valence-electron chi connectivity index (χ2n) is 3.66. The van der Waals surface area contributed by atoms with Gasteiger partial charge in [-0.05, 0) is 31.2 Å². The van der Waals surface area contributed by atoms with Crippen LogP contribution in [-0.4, -0.2) is 16.6 Å². The van der Waals surface area contributed by atoms with Gasteiger partial charge in [0.25, 0.3) is 0 Å². The Morgan fingerprint density at radius 3 is 2.39 bits per heavy atom. The van der Waals surface area contributed by atoms with Gasteiger partial charge in [0.15, 0.2) is 5.82 Å². The molecule has 2 aromatic rings. The van der Waals surface area contributed by atoms with Crippen molar-refractivity contribution in [3.63, 3.8) is 0 Å². The highest BCUT2D eigenvalue weighted by Crippen LogP contribution is 2.21. The minimum Gasteiger partial charge on any atom is -0.435 e. The van der Waals surface area contributed by atoms with Gasteiger partial charge in [-0.2, -0.15) is 8.78 Å². The Bertz CT molecular complexity index is 523. The molecule has 0 unspecified atom stereocenters. The molecule has 1 heterocycles. The first-order chi connectivity index (χ1) is 8.54. The van der Waals surface area contributed by atoms with E-state index >= 15 is 0 Å². The van der Waals surface area contributed by atoms with Crippen LogP contribution >= 0.6 is 0 Å². The van der Waals surface area contributed by atoms with E-state index in [1.54, 1.807) is 25.1 Å². The monoisotopic (exact) mass is 251 g/mol. The molecule has 2 N–H and O–H groups in total. The molecule has 0 radical (unpaired) electrons. The van der Waals surface area contributed by atoms with Crippen LogP contribution in [0.15, 0.2) is 30.3 Å². The van der Waals surface area contributed by atoms with E-state index in [9.17, 15) is 8.78 Å². The third kappa shape index (κ3) is 2.91. The zero-order valence-corrected chi connectivity index (χ0v) is 9.60. The Morgan fingerprint density at radius 1 is 1.17 bits per heavy atom. The van der Waals surface area contributed by atoms with Crippen molar-refractivity contribution in [3.05, 3.63) is 36.0 Å². The second kappa shape index (κ2) is 4.95. The van der Waals surface area contributed by atoms with Crippen molar-refractivity contribution in [2.75, 3.05) is 5.73 Å². The lowest BCUT2D eigenvalue weighted by molar-refractivity contribution is -0.0498. The zero-order chi connectivity index (χ0) is 13.1. The Kier molecular flexibility index (Phi) is 3.36. The molecule has 0 amide bonds. The normalized spacial score (nSPS) is 10.7. The summed E-state index contributed by atoms with van der Waals surface area (Å²) in [4.78, 5) is 8.29. The number of anilines is 1. The van der Waals surface area contributed by atoms with Crippen LogP contribution in [0.3, 0.4) is 0 Å². The molecule has 0 spiro atoms. The maximum absolute atomic E-state index is 12.0. The fourth-order valence-electron chi connectivity index (χ4n) is 1.51. The van der Waals surface area contributed by atoms with Gasteiger partial charge >= 0.3 is 6.61 Å². The molecule has 0 aliphatic carbocycles. The summed E-state index contributed by atoms with van der Waals surface area (Å²) in [5.74, 6) is 0.913. The molecule has 0 atom stereocenters. The number of hydrogen-bond donors (Lipinski definition) is 1. The number of nitrogens with zero attached hydrogens (tertiary/aromatic N) is 2. The molecule has 1 aromatic heterocycles. The lowest BCUT2D eigenvalue weighted by atomic mass is 10.2. The first-order valence-electron chi connectivity index (χ1n) is 5.21. The van der Waals surface area contributed by atoms with Gasteiger partial charge in [0, 0.05) is 17.3 Å². The number of alkyl halides is 2. The maximum Gasteiger partial charge on any atom is 0.387 e. The summed E-state index contributed by atoms with van der Waals surface area (Å²) in [6, 6.07) is 7.72. The van der Waals surface area contributed by atoms with Crippen molar-refractivity contribution in [1.82, 2.24) is 9.97 Å². The van der Waals surface area contributed by atoms with Crippen LogP contribution in [0, 0.1) is 6.92 Å². The highest BCUT2D eigenvalue weighted by atomic mass is 19.3. The van der Waals surface area contributed by atoms with E-state index in [0.29, 0.717) is 17.2 Å². The molecule has 18 heavy (non-hydrogen) atoms. The van der Waals surface area contributed by atoms with Gasteiger partial charge in [-0.25, -0.2) is 9.97 Å². The molecule has 4 nitrogen and oxygen atoms in total.